The molecule has 0 N–H and O–H groups in total. The summed E-state index contributed by atoms with van der Waals surface area (Å²) in [5, 5.41) is -0.464. The first kappa shape index (κ1) is 16.8. The smallest absolute Gasteiger partial charge is 0.225 e. The van der Waals surface area contributed by atoms with Crippen LogP contribution in [0.5, 0.6) is 0 Å². The largest absolute Gasteiger partial charge is 0.465 e. The van der Waals surface area contributed by atoms with E-state index in [-0.39, 0.29) is 11.8 Å². The van der Waals surface area contributed by atoms with Crippen molar-refractivity contribution in [2.45, 2.75) is 37.4 Å². The fourth-order valence-electron chi connectivity index (χ4n) is 4.02. The normalized spacial score (nSPS) is 23.5. The highest BCUT2D eigenvalue weighted by Crippen LogP contribution is 2.31. The second-order valence-corrected chi connectivity index (χ2v) is 9.43. The van der Waals surface area contributed by atoms with E-state index in [2.05, 4.69) is 0 Å². The maximum Gasteiger partial charge on any atom is 0.225 e. The van der Waals surface area contributed by atoms with Crippen molar-refractivity contribution in [2.75, 3.05) is 26.2 Å². The second kappa shape index (κ2) is 6.61. The summed E-state index contributed by atoms with van der Waals surface area (Å²) >= 11 is 0. The SMILES string of the molecule is O=C(C1CCCC1)N1CC(S(=O)(=O)N2CCC=C(c3ccco3)C2)C1. The van der Waals surface area contributed by atoms with Crippen LogP contribution in [0.2, 0.25) is 0 Å². The molecule has 0 aromatic carbocycles. The van der Waals surface area contributed by atoms with E-state index in [4.69, 9.17) is 4.42 Å². The summed E-state index contributed by atoms with van der Waals surface area (Å²) in [6.45, 7) is 1.53. The molecular weight excluding hydrogens is 340 g/mol. The summed E-state index contributed by atoms with van der Waals surface area (Å²) in [4.78, 5) is 14.1. The number of hydrogen-bond acceptors (Lipinski definition) is 4. The first-order valence-corrected chi connectivity index (χ1v) is 10.6. The van der Waals surface area contributed by atoms with Crippen molar-refractivity contribution >= 4 is 21.5 Å². The molecule has 1 aromatic rings. The lowest BCUT2D eigenvalue weighted by Crippen LogP contribution is -2.61. The van der Waals surface area contributed by atoms with Crippen molar-refractivity contribution in [3.05, 3.63) is 30.2 Å². The van der Waals surface area contributed by atoms with Gasteiger partial charge in [0.2, 0.25) is 15.9 Å². The average Bonchev–Trinajstić information content (AvgIpc) is 3.27. The Hall–Kier alpha value is -1.60. The molecule has 0 atom stereocenters. The van der Waals surface area contributed by atoms with Crippen LogP contribution >= 0.6 is 0 Å². The molecule has 1 aromatic heterocycles. The Morgan fingerprint density at radius 3 is 2.64 bits per heavy atom. The van der Waals surface area contributed by atoms with Crippen LogP contribution in [0.25, 0.3) is 5.57 Å². The van der Waals surface area contributed by atoms with Gasteiger partial charge in [-0.1, -0.05) is 18.9 Å². The van der Waals surface area contributed by atoms with Gasteiger partial charge in [0.1, 0.15) is 11.0 Å². The Morgan fingerprint density at radius 1 is 1.20 bits per heavy atom. The molecule has 6 nitrogen and oxygen atoms in total. The van der Waals surface area contributed by atoms with E-state index >= 15 is 0 Å². The maximum absolute atomic E-state index is 12.9. The van der Waals surface area contributed by atoms with Gasteiger partial charge in [-0.25, -0.2) is 8.42 Å². The number of amides is 1. The molecule has 2 fully saturated rings. The highest BCUT2D eigenvalue weighted by molar-refractivity contribution is 7.89. The van der Waals surface area contributed by atoms with Crippen LogP contribution in [0, 0.1) is 5.92 Å². The minimum Gasteiger partial charge on any atom is -0.465 e. The second-order valence-electron chi connectivity index (χ2n) is 7.22. The zero-order chi connectivity index (χ0) is 17.4. The number of carbonyl (C=O) groups is 1. The minimum absolute atomic E-state index is 0.118. The number of carbonyl (C=O) groups excluding carboxylic acids is 1. The van der Waals surface area contributed by atoms with E-state index in [0.717, 1.165) is 37.0 Å². The molecule has 136 valence electrons. The van der Waals surface area contributed by atoms with Crippen molar-refractivity contribution < 1.29 is 17.6 Å². The van der Waals surface area contributed by atoms with Crippen molar-refractivity contribution in [3.63, 3.8) is 0 Å². The summed E-state index contributed by atoms with van der Waals surface area (Å²) in [7, 11) is -3.38. The lowest BCUT2D eigenvalue weighted by molar-refractivity contribution is -0.138. The number of furan rings is 1. The monoisotopic (exact) mass is 364 g/mol. The Balaban J connectivity index is 1.38. The fraction of sp³-hybridized carbons (Fsp3) is 0.611. The number of rotatable bonds is 4. The van der Waals surface area contributed by atoms with E-state index in [1.54, 1.807) is 15.5 Å². The van der Waals surface area contributed by atoms with Crippen molar-refractivity contribution in [2.24, 2.45) is 5.92 Å². The molecule has 0 unspecified atom stereocenters. The molecular formula is C18H24N2O4S. The topological polar surface area (TPSA) is 70.8 Å². The van der Waals surface area contributed by atoms with Crippen LogP contribution in [-0.4, -0.2) is 55.0 Å². The van der Waals surface area contributed by atoms with Gasteiger partial charge in [0.15, 0.2) is 0 Å². The van der Waals surface area contributed by atoms with Crippen LogP contribution in [0.1, 0.15) is 37.9 Å². The first-order valence-electron chi connectivity index (χ1n) is 9.06. The number of likely N-dealkylation sites (tertiary alicyclic amines) is 1. The Kier molecular flexibility index (Phi) is 4.45. The maximum atomic E-state index is 12.9. The van der Waals surface area contributed by atoms with E-state index in [1.165, 1.54) is 0 Å². The van der Waals surface area contributed by atoms with Crippen molar-refractivity contribution in [3.8, 4) is 0 Å². The molecule has 1 saturated carbocycles. The molecule has 25 heavy (non-hydrogen) atoms. The van der Waals surface area contributed by atoms with E-state index in [9.17, 15) is 13.2 Å². The van der Waals surface area contributed by atoms with Crippen molar-refractivity contribution in [1.82, 2.24) is 9.21 Å². The quantitative estimate of drug-likeness (QED) is 0.820. The molecule has 0 bridgehead atoms. The predicted molar refractivity (Wildman–Crippen MR) is 94.1 cm³/mol. The number of sulfonamides is 1. The highest BCUT2D eigenvalue weighted by Gasteiger charge is 2.44. The molecule has 7 heteroatoms. The summed E-state index contributed by atoms with van der Waals surface area (Å²) in [6, 6.07) is 3.66. The number of nitrogens with zero attached hydrogens (tertiary/aromatic N) is 2. The van der Waals surface area contributed by atoms with Gasteiger partial charge in [-0.15, -0.1) is 0 Å². The lowest BCUT2D eigenvalue weighted by atomic mass is 10.0. The molecule has 1 aliphatic carbocycles. The molecule has 0 spiro atoms. The molecule has 2 aliphatic heterocycles. The van der Waals surface area contributed by atoms with Crippen LogP contribution in [0.4, 0.5) is 0 Å². The van der Waals surface area contributed by atoms with E-state index in [0.29, 0.717) is 32.6 Å². The fourth-order valence-corrected chi connectivity index (χ4v) is 5.86. The Morgan fingerprint density at radius 2 is 1.96 bits per heavy atom. The molecule has 3 aliphatic rings. The highest BCUT2D eigenvalue weighted by atomic mass is 32.2. The van der Waals surface area contributed by atoms with Gasteiger partial charge in [-0.05, 0) is 31.4 Å². The van der Waals surface area contributed by atoms with E-state index < -0.39 is 15.3 Å². The standard InChI is InChI=1S/C18H24N2O4S/c21-18(14-5-1-2-6-14)19-12-16(13-19)25(22,23)20-9-3-7-15(11-20)17-8-4-10-24-17/h4,7-8,10,14,16H,1-3,5-6,9,11-13H2. The van der Waals surface area contributed by atoms with Crippen LogP contribution in [0.15, 0.2) is 28.9 Å². The first-order chi connectivity index (χ1) is 12.1. The van der Waals surface area contributed by atoms with Gasteiger partial charge in [0.05, 0.1) is 6.26 Å². The summed E-state index contributed by atoms with van der Waals surface area (Å²) in [5.41, 5.74) is 0.915. The number of hydrogen-bond donors (Lipinski definition) is 0. The lowest BCUT2D eigenvalue weighted by Gasteiger charge is -2.42. The summed E-state index contributed by atoms with van der Waals surface area (Å²) < 4.78 is 32.8. The third-order valence-corrected chi connectivity index (χ3v) is 7.77. The molecule has 1 saturated heterocycles. The van der Waals surface area contributed by atoms with Gasteiger partial charge < -0.3 is 9.32 Å². The van der Waals surface area contributed by atoms with Gasteiger partial charge in [-0.3, -0.25) is 4.79 Å². The zero-order valence-electron chi connectivity index (χ0n) is 14.3. The average molecular weight is 364 g/mol. The van der Waals surface area contributed by atoms with Crippen molar-refractivity contribution in [1.29, 1.82) is 0 Å². The van der Waals surface area contributed by atoms with Gasteiger partial charge >= 0.3 is 0 Å². The minimum atomic E-state index is -3.38. The predicted octanol–water partition coefficient (Wildman–Crippen LogP) is 2.10. The molecule has 0 radical (unpaired) electrons. The van der Waals surface area contributed by atoms with Crippen LogP contribution in [-0.2, 0) is 14.8 Å². The Bertz CT molecular complexity index is 757. The van der Waals surface area contributed by atoms with Gasteiger partial charge in [0.25, 0.3) is 0 Å². The van der Waals surface area contributed by atoms with Crippen LogP contribution < -0.4 is 0 Å². The van der Waals surface area contributed by atoms with E-state index in [1.807, 2.05) is 18.2 Å². The van der Waals surface area contributed by atoms with Crippen LogP contribution in [0.3, 0.4) is 0 Å². The summed E-state index contributed by atoms with van der Waals surface area (Å²) in [6.07, 6.45) is 8.46. The Labute approximate surface area is 148 Å². The molecule has 4 rings (SSSR count). The zero-order valence-corrected chi connectivity index (χ0v) is 15.1. The molecule has 1 amide bonds. The van der Waals surface area contributed by atoms with Gasteiger partial charge in [0, 0.05) is 37.7 Å². The third-order valence-electron chi connectivity index (χ3n) is 5.60. The third kappa shape index (κ3) is 3.15. The molecule has 3 heterocycles. The van der Waals surface area contributed by atoms with Gasteiger partial charge in [-0.2, -0.15) is 4.31 Å². The summed E-state index contributed by atoms with van der Waals surface area (Å²) in [5.74, 6) is 0.998.